The lowest BCUT2D eigenvalue weighted by Crippen LogP contribution is -2.14. The molecule has 19 heavy (non-hydrogen) atoms. The lowest BCUT2D eigenvalue weighted by atomic mass is 9.78. The second-order valence-electron chi connectivity index (χ2n) is 7.93. The SMILES string of the molecule is C=C(C)C.CC.CC(C)(C)C.CC1(C)CCCCC1. The molecule has 0 aliphatic heterocycles. The first-order chi connectivity index (χ1) is 8.44. The van der Waals surface area contributed by atoms with E-state index < -0.39 is 0 Å². The van der Waals surface area contributed by atoms with Crippen molar-refractivity contribution in [1.29, 1.82) is 0 Å². The molecule has 0 radical (unpaired) electrons. The summed E-state index contributed by atoms with van der Waals surface area (Å²) in [5, 5.41) is 0. The van der Waals surface area contributed by atoms with Gasteiger partial charge in [-0.25, -0.2) is 0 Å². The Balaban J connectivity index is -0.000000203. The van der Waals surface area contributed by atoms with Gasteiger partial charge >= 0.3 is 0 Å². The number of hydrogen-bond acceptors (Lipinski definition) is 0. The van der Waals surface area contributed by atoms with E-state index in [0.29, 0.717) is 10.8 Å². The first kappa shape index (κ1) is 23.8. The van der Waals surface area contributed by atoms with Gasteiger partial charge in [0.1, 0.15) is 0 Å². The van der Waals surface area contributed by atoms with E-state index in [1.165, 1.54) is 37.7 Å². The maximum atomic E-state index is 3.56. The van der Waals surface area contributed by atoms with Crippen molar-refractivity contribution >= 4 is 0 Å². The lowest BCUT2D eigenvalue weighted by molar-refractivity contribution is 0.244. The molecule has 0 aromatic rings. The first-order valence-electron chi connectivity index (χ1n) is 8.06. The normalized spacial score (nSPS) is 16.5. The van der Waals surface area contributed by atoms with Gasteiger partial charge in [0.15, 0.2) is 0 Å². The average molecular weight is 271 g/mol. The summed E-state index contributed by atoms with van der Waals surface area (Å²) in [4.78, 5) is 0. The summed E-state index contributed by atoms with van der Waals surface area (Å²) in [7, 11) is 0. The molecular formula is C19H42. The topological polar surface area (TPSA) is 0 Å². The predicted octanol–water partition coefficient (Wildman–Crippen LogP) is 7.64. The molecule has 1 fully saturated rings. The number of rotatable bonds is 0. The van der Waals surface area contributed by atoms with Crippen LogP contribution >= 0.6 is 0 Å². The molecule has 1 saturated carbocycles. The zero-order valence-electron chi connectivity index (χ0n) is 15.7. The second-order valence-corrected chi connectivity index (χ2v) is 7.93. The van der Waals surface area contributed by atoms with Crippen LogP contribution in [0.2, 0.25) is 0 Å². The molecule has 1 aliphatic carbocycles. The van der Waals surface area contributed by atoms with Crippen LogP contribution in [-0.4, -0.2) is 0 Å². The third kappa shape index (κ3) is 46.3. The van der Waals surface area contributed by atoms with E-state index >= 15 is 0 Å². The molecule has 0 aromatic carbocycles. The summed E-state index contributed by atoms with van der Waals surface area (Å²) in [5.41, 5.74) is 2.35. The van der Waals surface area contributed by atoms with Crippen LogP contribution in [0.1, 0.15) is 101 Å². The van der Waals surface area contributed by atoms with Crippen LogP contribution in [0.4, 0.5) is 0 Å². The van der Waals surface area contributed by atoms with Crippen molar-refractivity contribution in [3.05, 3.63) is 12.2 Å². The van der Waals surface area contributed by atoms with E-state index in [1.807, 2.05) is 27.7 Å². The van der Waals surface area contributed by atoms with Crippen LogP contribution in [-0.2, 0) is 0 Å². The Morgan fingerprint density at radius 1 is 0.842 bits per heavy atom. The maximum Gasteiger partial charge on any atom is -0.0354 e. The van der Waals surface area contributed by atoms with Gasteiger partial charge in [-0.2, -0.15) is 0 Å². The van der Waals surface area contributed by atoms with Crippen LogP contribution in [0.5, 0.6) is 0 Å². The van der Waals surface area contributed by atoms with Crippen LogP contribution in [0, 0.1) is 10.8 Å². The van der Waals surface area contributed by atoms with Crippen molar-refractivity contribution in [2.45, 2.75) is 101 Å². The molecule has 0 unspecified atom stereocenters. The molecule has 0 saturated heterocycles. The smallest absolute Gasteiger partial charge is 0.0354 e. The Bertz CT molecular complexity index is 173. The molecule has 1 aliphatic rings. The van der Waals surface area contributed by atoms with E-state index in [-0.39, 0.29) is 0 Å². The average Bonchev–Trinajstić information content (AvgIpc) is 2.16. The Kier molecular flexibility index (Phi) is 16.0. The fraction of sp³-hybridized carbons (Fsp3) is 0.895. The molecule has 0 atom stereocenters. The van der Waals surface area contributed by atoms with E-state index in [4.69, 9.17) is 0 Å². The quantitative estimate of drug-likeness (QED) is 0.397. The Morgan fingerprint density at radius 3 is 1.16 bits per heavy atom. The standard InChI is InChI=1S/C8H16.C5H12.C4H8.C2H6/c1-8(2)6-4-3-5-7-8;1-5(2,3)4;1-4(2)3;1-2/h3-7H2,1-2H3;1-4H3;1H2,2-3H3;1-2H3. The van der Waals surface area contributed by atoms with Gasteiger partial charge in [0.25, 0.3) is 0 Å². The van der Waals surface area contributed by atoms with E-state index in [1.54, 1.807) is 0 Å². The Morgan fingerprint density at radius 2 is 1.05 bits per heavy atom. The minimum atomic E-state index is 0.500. The molecule has 0 amide bonds. The monoisotopic (exact) mass is 270 g/mol. The highest BCUT2D eigenvalue weighted by atomic mass is 14.3. The van der Waals surface area contributed by atoms with Gasteiger partial charge in [-0.3, -0.25) is 0 Å². The van der Waals surface area contributed by atoms with Crippen molar-refractivity contribution < 1.29 is 0 Å². The highest BCUT2D eigenvalue weighted by Crippen LogP contribution is 2.34. The molecule has 0 nitrogen and oxygen atoms in total. The van der Waals surface area contributed by atoms with Crippen LogP contribution in [0.3, 0.4) is 0 Å². The fourth-order valence-electron chi connectivity index (χ4n) is 1.51. The van der Waals surface area contributed by atoms with Crippen molar-refractivity contribution in [3.8, 4) is 0 Å². The largest absolute Gasteiger partial charge is 0.100 e. The first-order valence-corrected chi connectivity index (χ1v) is 8.06. The maximum absolute atomic E-state index is 3.56. The van der Waals surface area contributed by atoms with Gasteiger partial charge < -0.3 is 0 Å². The number of allylic oxidation sites excluding steroid dienone is 1. The molecular weight excluding hydrogens is 228 g/mol. The zero-order valence-corrected chi connectivity index (χ0v) is 15.7. The van der Waals surface area contributed by atoms with Crippen molar-refractivity contribution in [2.24, 2.45) is 10.8 Å². The summed E-state index contributed by atoms with van der Waals surface area (Å²) in [6, 6.07) is 0. The number of hydrogen-bond donors (Lipinski definition) is 0. The highest BCUT2D eigenvalue weighted by Gasteiger charge is 2.19. The van der Waals surface area contributed by atoms with Gasteiger partial charge in [-0.05, 0) is 37.5 Å². The third-order valence-corrected chi connectivity index (χ3v) is 2.21. The predicted molar refractivity (Wildman–Crippen MR) is 93.8 cm³/mol. The molecule has 0 bridgehead atoms. The molecule has 0 N–H and O–H groups in total. The highest BCUT2D eigenvalue weighted by molar-refractivity contribution is 4.78. The van der Waals surface area contributed by atoms with Crippen molar-refractivity contribution in [3.63, 3.8) is 0 Å². The van der Waals surface area contributed by atoms with Crippen LogP contribution < -0.4 is 0 Å². The van der Waals surface area contributed by atoms with Gasteiger partial charge in [0.05, 0.1) is 0 Å². The molecule has 0 heterocycles. The van der Waals surface area contributed by atoms with Crippen molar-refractivity contribution in [1.82, 2.24) is 0 Å². The third-order valence-electron chi connectivity index (χ3n) is 2.21. The van der Waals surface area contributed by atoms with Gasteiger partial charge in [0.2, 0.25) is 0 Å². The van der Waals surface area contributed by atoms with Crippen LogP contribution in [0.25, 0.3) is 0 Å². The summed E-state index contributed by atoms with van der Waals surface area (Å²) < 4.78 is 0. The fourth-order valence-corrected chi connectivity index (χ4v) is 1.51. The molecule has 0 heteroatoms. The molecule has 118 valence electrons. The summed E-state index contributed by atoms with van der Waals surface area (Å²) >= 11 is 0. The Hall–Kier alpha value is -0.260. The van der Waals surface area contributed by atoms with Gasteiger partial charge in [-0.1, -0.05) is 80.2 Å². The molecule has 0 spiro atoms. The van der Waals surface area contributed by atoms with Crippen molar-refractivity contribution in [2.75, 3.05) is 0 Å². The van der Waals surface area contributed by atoms with E-state index in [9.17, 15) is 0 Å². The second kappa shape index (κ2) is 12.8. The van der Waals surface area contributed by atoms with Gasteiger partial charge in [-0.15, -0.1) is 6.58 Å². The molecule has 0 aromatic heterocycles. The van der Waals surface area contributed by atoms with E-state index in [0.717, 1.165) is 0 Å². The summed E-state index contributed by atoms with van der Waals surface area (Å²) in [6.45, 7) is 25.0. The van der Waals surface area contributed by atoms with E-state index in [2.05, 4.69) is 48.1 Å². The zero-order chi connectivity index (χ0) is 16.1. The summed E-state index contributed by atoms with van der Waals surface area (Å²) in [6.07, 6.45) is 7.31. The lowest BCUT2D eigenvalue weighted by Gasteiger charge is -2.28. The summed E-state index contributed by atoms with van der Waals surface area (Å²) in [5.74, 6) is 0. The van der Waals surface area contributed by atoms with Gasteiger partial charge in [0, 0.05) is 0 Å². The Labute approximate surface area is 125 Å². The molecule has 1 rings (SSSR count). The minimum Gasteiger partial charge on any atom is -0.100 e. The van der Waals surface area contributed by atoms with Crippen LogP contribution in [0.15, 0.2) is 12.2 Å². The minimum absolute atomic E-state index is 0.500.